The molecule has 5 aliphatic carbocycles. The number of aromatic nitrogens is 2. The van der Waals surface area contributed by atoms with Gasteiger partial charge in [0, 0.05) is 11.8 Å². The van der Waals surface area contributed by atoms with Crippen LogP contribution in [0.5, 0.6) is 0 Å². The van der Waals surface area contributed by atoms with Gasteiger partial charge in [0.2, 0.25) is 11.8 Å². The Bertz CT molecular complexity index is 724. The lowest BCUT2D eigenvalue weighted by atomic mass is 9.49. The summed E-state index contributed by atoms with van der Waals surface area (Å²) in [5.74, 6) is 2.67. The molecule has 5 saturated carbocycles. The van der Waals surface area contributed by atoms with Gasteiger partial charge in [-0.15, -0.1) is 11.6 Å². The van der Waals surface area contributed by atoms with E-state index in [-0.39, 0.29) is 16.2 Å². The summed E-state index contributed by atoms with van der Waals surface area (Å²) in [6, 6.07) is 0. The van der Waals surface area contributed by atoms with Crippen molar-refractivity contribution >= 4 is 17.5 Å². The molecule has 27 heavy (non-hydrogen) atoms. The predicted molar refractivity (Wildman–Crippen MR) is 102 cm³/mol. The standard InChI is InChI=1S/C21H30ClN3O2/c1-14-23-17(25-27-14)21(6-4-2-3-5-7-21)24-18(26)19-9-15-8-16(10-19)12-20(22,11-15)13-19/h15-16H,2-13H2,1H3,(H,24,26). The Kier molecular flexibility index (Phi) is 4.12. The van der Waals surface area contributed by atoms with Crippen LogP contribution in [0.3, 0.4) is 0 Å². The van der Waals surface area contributed by atoms with Gasteiger partial charge in [0.15, 0.2) is 5.82 Å². The first kappa shape index (κ1) is 18.0. The molecule has 4 bridgehead atoms. The molecule has 5 aliphatic rings. The van der Waals surface area contributed by atoms with E-state index in [0.717, 1.165) is 57.8 Å². The van der Waals surface area contributed by atoms with Gasteiger partial charge in [-0.3, -0.25) is 4.79 Å². The third-order valence-corrected chi connectivity index (χ3v) is 8.18. The maximum absolute atomic E-state index is 13.7. The van der Waals surface area contributed by atoms with E-state index in [4.69, 9.17) is 16.1 Å². The molecule has 148 valence electrons. The van der Waals surface area contributed by atoms with Gasteiger partial charge >= 0.3 is 0 Å². The van der Waals surface area contributed by atoms with Crippen molar-refractivity contribution in [1.82, 2.24) is 15.5 Å². The lowest BCUT2D eigenvalue weighted by molar-refractivity contribution is -0.147. The number of carbonyl (C=O) groups excluding carboxylic acids is 1. The van der Waals surface area contributed by atoms with Gasteiger partial charge in [0.25, 0.3) is 0 Å². The Morgan fingerprint density at radius 1 is 1.11 bits per heavy atom. The van der Waals surface area contributed by atoms with Crippen LogP contribution in [0.1, 0.15) is 88.8 Å². The van der Waals surface area contributed by atoms with E-state index in [1.54, 1.807) is 0 Å². The first-order valence-electron chi connectivity index (χ1n) is 10.7. The minimum atomic E-state index is -0.478. The highest BCUT2D eigenvalue weighted by Gasteiger charge is 2.60. The first-order valence-corrected chi connectivity index (χ1v) is 11.1. The summed E-state index contributed by atoms with van der Waals surface area (Å²) in [7, 11) is 0. The predicted octanol–water partition coefficient (Wildman–Crippen LogP) is 4.62. The number of halogens is 1. The summed E-state index contributed by atoms with van der Waals surface area (Å²) in [6.07, 6.45) is 12.7. The fraction of sp³-hybridized carbons (Fsp3) is 0.857. The Labute approximate surface area is 166 Å². The fourth-order valence-corrected chi connectivity index (χ4v) is 7.69. The Hall–Kier alpha value is -1.10. The van der Waals surface area contributed by atoms with Gasteiger partial charge in [-0.2, -0.15) is 4.98 Å². The molecule has 5 nitrogen and oxygen atoms in total. The number of rotatable bonds is 3. The van der Waals surface area contributed by atoms with Crippen molar-refractivity contribution in [1.29, 1.82) is 0 Å². The highest BCUT2D eigenvalue weighted by atomic mass is 35.5. The molecule has 1 amide bonds. The quantitative estimate of drug-likeness (QED) is 0.602. The second kappa shape index (κ2) is 6.20. The normalized spacial score (nSPS) is 39.9. The summed E-state index contributed by atoms with van der Waals surface area (Å²) < 4.78 is 5.30. The molecule has 1 N–H and O–H groups in total. The van der Waals surface area contributed by atoms with Crippen molar-refractivity contribution in [2.24, 2.45) is 17.3 Å². The van der Waals surface area contributed by atoms with Crippen molar-refractivity contribution in [3.8, 4) is 0 Å². The lowest BCUT2D eigenvalue weighted by Crippen LogP contribution is -2.61. The molecule has 0 radical (unpaired) electrons. The summed E-state index contributed by atoms with van der Waals surface area (Å²) in [5, 5.41) is 7.73. The van der Waals surface area contributed by atoms with Crippen LogP contribution in [-0.2, 0) is 10.3 Å². The zero-order valence-corrected chi connectivity index (χ0v) is 17.0. The summed E-state index contributed by atoms with van der Waals surface area (Å²) in [5.41, 5.74) is -0.766. The highest BCUT2D eigenvalue weighted by Crippen LogP contribution is 2.64. The van der Waals surface area contributed by atoms with E-state index in [1.165, 1.54) is 19.3 Å². The van der Waals surface area contributed by atoms with Crippen molar-refractivity contribution in [2.75, 3.05) is 0 Å². The van der Waals surface area contributed by atoms with Crippen LogP contribution in [0, 0.1) is 24.2 Å². The Balaban J connectivity index is 1.45. The molecule has 0 saturated heterocycles. The molecule has 1 aromatic heterocycles. The smallest absolute Gasteiger partial charge is 0.227 e. The molecule has 1 heterocycles. The van der Waals surface area contributed by atoms with Gasteiger partial charge < -0.3 is 9.84 Å². The number of nitrogens with one attached hydrogen (secondary N) is 1. The highest BCUT2D eigenvalue weighted by molar-refractivity contribution is 6.24. The number of alkyl halides is 1. The lowest BCUT2D eigenvalue weighted by Gasteiger charge is -2.59. The van der Waals surface area contributed by atoms with Crippen molar-refractivity contribution in [2.45, 2.75) is 94.4 Å². The average molecular weight is 392 g/mol. The zero-order chi connectivity index (χ0) is 18.7. The molecule has 5 fully saturated rings. The molecule has 6 heteroatoms. The molecular formula is C21H30ClN3O2. The second-order valence-corrected chi connectivity index (χ2v) is 10.8. The van der Waals surface area contributed by atoms with Gasteiger partial charge in [-0.25, -0.2) is 0 Å². The SMILES string of the molecule is Cc1nc(C2(NC(=O)C34CC5CC(CC(Cl)(C5)C3)C4)CCCCCC2)no1. The van der Waals surface area contributed by atoms with E-state index in [1.807, 2.05) is 6.92 Å². The van der Waals surface area contributed by atoms with Crippen molar-refractivity contribution in [3.05, 3.63) is 11.7 Å². The molecule has 0 spiro atoms. The Morgan fingerprint density at radius 3 is 2.33 bits per heavy atom. The summed E-state index contributed by atoms with van der Waals surface area (Å²) in [6.45, 7) is 1.82. The monoisotopic (exact) mass is 391 g/mol. The Morgan fingerprint density at radius 2 is 1.78 bits per heavy atom. The first-order chi connectivity index (χ1) is 12.9. The van der Waals surface area contributed by atoms with Gasteiger partial charge in [-0.1, -0.05) is 30.8 Å². The van der Waals surface area contributed by atoms with Crippen molar-refractivity contribution in [3.63, 3.8) is 0 Å². The molecular weight excluding hydrogens is 362 g/mol. The molecule has 0 aliphatic heterocycles. The molecule has 1 aromatic rings. The van der Waals surface area contributed by atoms with E-state index in [0.29, 0.717) is 23.6 Å². The molecule has 2 atom stereocenters. The van der Waals surface area contributed by atoms with Crippen LogP contribution in [0.15, 0.2) is 4.52 Å². The fourth-order valence-electron chi connectivity index (χ4n) is 7.00. The second-order valence-electron chi connectivity index (χ2n) is 9.98. The molecule has 6 rings (SSSR count). The zero-order valence-electron chi connectivity index (χ0n) is 16.2. The minimum absolute atomic E-state index is 0.152. The van der Waals surface area contributed by atoms with Crippen LogP contribution in [0.2, 0.25) is 0 Å². The van der Waals surface area contributed by atoms with Crippen molar-refractivity contribution < 1.29 is 9.32 Å². The topological polar surface area (TPSA) is 68.0 Å². The molecule has 0 aromatic carbocycles. The maximum atomic E-state index is 13.7. The van der Waals surface area contributed by atoms with Gasteiger partial charge in [0.1, 0.15) is 5.54 Å². The maximum Gasteiger partial charge on any atom is 0.227 e. The van der Waals surface area contributed by atoms with Crippen LogP contribution in [0.4, 0.5) is 0 Å². The number of hydrogen-bond donors (Lipinski definition) is 1. The largest absolute Gasteiger partial charge is 0.343 e. The van der Waals surface area contributed by atoms with Gasteiger partial charge in [-0.05, 0) is 63.2 Å². The number of hydrogen-bond acceptors (Lipinski definition) is 4. The van der Waals surface area contributed by atoms with Crippen LogP contribution in [-0.4, -0.2) is 20.9 Å². The number of amides is 1. The van der Waals surface area contributed by atoms with E-state index >= 15 is 0 Å². The van der Waals surface area contributed by atoms with Crippen LogP contribution in [0.25, 0.3) is 0 Å². The number of aryl methyl sites for hydroxylation is 1. The van der Waals surface area contributed by atoms with E-state index in [9.17, 15) is 4.79 Å². The van der Waals surface area contributed by atoms with E-state index in [2.05, 4.69) is 15.5 Å². The van der Waals surface area contributed by atoms with Crippen LogP contribution >= 0.6 is 11.6 Å². The molecule has 2 unspecified atom stereocenters. The van der Waals surface area contributed by atoms with Crippen LogP contribution < -0.4 is 5.32 Å². The van der Waals surface area contributed by atoms with Gasteiger partial charge in [0.05, 0.1) is 5.41 Å². The summed E-state index contributed by atoms with van der Waals surface area (Å²) >= 11 is 6.97. The minimum Gasteiger partial charge on any atom is -0.343 e. The third-order valence-electron chi connectivity index (χ3n) is 7.74. The average Bonchev–Trinajstić information content (AvgIpc) is 2.88. The summed E-state index contributed by atoms with van der Waals surface area (Å²) in [4.78, 5) is 18.1. The number of carbonyl (C=O) groups is 1. The third kappa shape index (κ3) is 3.01. The number of nitrogens with zero attached hydrogens (tertiary/aromatic N) is 2. The van der Waals surface area contributed by atoms with E-state index < -0.39 is 5.54 Å².